The summed E-state index contributed by atoms with van der Waals surface area (Å²) in [6.07, 6.45) is 2.67. The molecule has 4 aliphatic heterocycles. The van der Waals surface area contributed by atoms with Crippen molar-refractivity contribution in [1.29, 1.82) is 0 Å². The molecule has 0 unspecified atom stereocenters. The fourth-order valence-corrected chi connectivity index (χ4v) is 7.61. The first-order valence-corrected chi connectivity index (χ1v) is 10.1. The first kappa shape index (κ1) is 15.6. The molecule has 1 aliphatic carbocycles. The highest BCUT2D eigenvalue weighted by molar-refractivity contribution is 5.99. The van der Waals surface area contributed by atoms with Gasteiger partial charge in [-0.2, -0.15) is 0 Å². The largest absolute Gasteiger partial charge is 0.396 e. The summed E-state index contributed by atoms with van der Waals surface area (Å²) in [7, 11) is 0. The Morgan fingerprint density at radius 2 is 2.12 bits per heavy atom. The normalized spacial score (nSPS) is 45.6. The quantitative estimate of drug-likeness (QED) is 0.836. The van der Waals surface area contributed by atoms with E-state index in [4.69, 9.17) is 0 Å². The van der Waals surface area contributed by atoms with Crippen LogP contribution in [0, 0.1) is 17.8 Å². The minimum absolute atomic E-state index is 0.0149. The maximum absolute atomic E-state index is 13.0. The van der Waals surface area contributed by atoms with E-state index in [0.717, 1.165) is 38.0 Å². The van der Waals surface area contributed by atoms with Gasteiger partial charge in [-0.15, -0.1) is 0 Å². The molecule has 2 bridgehead atoms. The van der Waals surface area contributed by atoms with Crippen LogP contribution >= 0.6 is 0 Å². The molecule has 138 valence electrons. The van der Waals surface area contributed by atoms with E-state index in [1.807, 2.05) is 6.07 Å². The average Bonchev–Trinajstić information content (AvgIpc) is 3.17. The Hall–Kier alpha value is -1.43. The molecule has 1 amide bonds. The van der Waals surface area contributed by atoms with Crippen LogP contribution in [0.1, 0.15) is 31.2 Å². The van der Waals surface area contributed by atoms with Gasteiger partial charge in [0.1, 0.15) is 0 Å². The smallest absolute Gasteiger partial charge is 0.229 e. The standard InChI is InChI=1S/C21H26N2O3/c24-8-5-12-11-22-7-6-21-14-3-1-2-4-15(14)23-18(26)10-16(25)19(20(21)23)13(12)9-17(21)22/h1-4,12-13,16-17,19-20,24-25H,5-11H2/t12-,13+,16-,17+,19-,20+,21-/m1/s1. The summed E-state index contributed by atoms with van der Waals surface area (Å²) >= 11 is 0. The lowest BCUT2D eigenvalue weighted by Gasteiger charge is -2.60. The highest BCUT2D eigenvalue weighted by Crippen LogP contribution is 2.65. The number of carbonyl (C=O) groups is 1. The van der Waals surface area contributed by atoms with Crippen molar-refractivity contribution in [2.45, 2.75) is 49.3 Å². The van der Waals surface area contributed by atoms with E-state index in [-0.39, 0.29) is 36.3 Å². The van der Waals surface area contributed by atoms with Crippen molar-refractivity contribution < 1.29 is 15.0 Å². The second kappa shape index (κ2) is 5.09. The average molecular weight is 354 g/mol. The summed E-state index contributed by atoms with van der Waals surface area (Å²) in [6, 6.07) is 9.03. The van der Waals surface area contributed by atoms with E-state index < -0.39 is 6.10 Å². The van der Waals surface area contributed by atoms with Crippen LogP contribution in [0.2, 0.25) is 0 Å². The Kier molecular flexibility index (Phi) is 3.06. The fourth-order valence-electron chi connectivity index (χ4n) is 7.61. The molecule has 26 heavy (non-hydrogen) atoms. The molecule has 6 rings (SSSR count). The maximum Gasteiger partial charge on any atom is 0.229 e. The molecule has 1 aromatic carbocycles. The number of hydrogen-bond acceptors (Lipinski definition) is 4. The van der Waals surface area contributed by atoms with Crippen molar-refractivity contribution in [3.05, 3.63) is 29.8 Å². The van der Waals surface area contributed by atoms with E-state index in [9.17, 15) is 15.0 Å². The van der Waals surface area contributed by atoms with Gasteiger partial charge in [0.2, 0.25) is 5.91 Å². The Bertz CT molecular complexity index is 782. The Labute approximate surface area is 153 Å². The van der Waals surface area contributed by atoms with Gasteiger partial charge in [0, 0.05) is 36.2 Å². The van der Waals surface area contributed by atoms with Crippen molar-refractivity contribution in [1.82, 2.24) is 4.90 Å². The molecule has 4 heterocycles. The summed E-state index contributed by atoms with van der Waals surface area (Å²) in [5.41, 5.74) is 2.41. The Morgan fingerprint density at radius 3 is 2.96 bits per heavy atom. The molecule has 4 fully saturated rings. The number of benzene rings is 1. The summed E-state index contributed by atoms with van der Waals surface area (Å²) in [5.74, 6) is 1.04. The highest BCUT2D eigenvalue weighted by atomic mass is 16.3. The summed E-state index contributed by atoms with van der Waals surface area (Å²) in [4.78, 5) is 17.7. The first-order chi connectivity index (χ1) is 12.7. The van der Waals surface area contributed by atoms with Crippen molar-refractivity contribution in [2.24, 2.45) is 17.8 Å². The van der Waals surface area contributed by atoms with Crippen LogP contribution in [0.3, 0.4) is 0 Å². The van der Waals surface area contributed by atoms with E-state index in [1.165, 1.54) is 5.56 Å². The molecule has 0 aromatic heterocycles. The number of para-hydroxylation sites is 1. The number of nitrogens with zero attached hydrogens (tertiary/aromatic N) is 2. The molecule has 7 atom stereocenters. The molecule has 1 aromatic rings. The van der Waals surface area contributed by atoms with Crippen LogP contribution in [-0.2, 0) is 10.2 Å². The van der Waals surface area contributed by atoms with Crippen LogP contribution in [0.4, 0.5) is 5.69 Å². The minimum atomic E-state index is -0.547. The molecular formula is C21H26N2O3. The molecule has 0 radical (unpaired) electrons. The summed E-state index contributed by atoms with van der Waals surface area (Å²) in [6.45, 7) is 2.31. The van der Waals surface area contributed by atoms with E-state index in [1.54, 1.807) is 0 Å². The van der Waals surface area contributed by atoms with Gasteiger partial charge < -0.3 is 15.1 Å². The van der Waals surface area contributed by atoms with Crippen LogP contribution in [0.5, 0.6) is 0 Å². The number of carbonyl (C=O) groups excluding carboxylic acids is 1. The number of rotatable bonds is 2. The van der Waals surface area contributed by atoms with Crippen molar-refractivity contribution >= 4 is 11.6 Å². The number of fused-ring (bicyclic) bond motifs is 4. The second-order valence-electron chi connectivity index (χ2n) is 9.05. The fraction of sp³-hybridized carbons (Fsp3) is 0.667. The third-order valence-corrected chi connectivity index (χ3v) is 8.34. The predicted molar refractivity (Wildman–Crippen MR) is 96.8 cm³/mol. The molecule has 1 saturated carbocycles. The van der Waals surface area contributed by atoms with Crippen LogP contribution in [0.15, 0.2) is 24.3 Å². The SMILES string of the molecule is O=C1C[C@@H](O)[C@H]2[C@H]3C[C@@H]4N(CC[C@@]45c4ccccc4N1[C@@H]25)C[C@H]3CCO. The summed E-state index contributed by atoms with van der Waals surface area (Å²) < 4.78 is 0. The zero-order chi connectivity index (χ0) is 17.6. The predicted octanol–water partition coefficient (Wildman–Crippen LogP) is 1.13. The number of piperidine rings is 2. The van der Waals surface area contributed by atoms with E-state index in [2.05, 4.69) is 28.0 Å². The topological polar surface area (TPSA) is 64.0 Å². The number of aliphatic hydroxyl groups is 2. The molecule has 3 saturated heterocycles. The first-order valence-electron chi connectivity index (χ1n) is 10.1. The molecule has 5 aliphatic rings. The van der Waals surface area contributed by atoms with Gasteiger partial charge in [0.15, 0.2) is 0 Å². The van der Waals surface area contributed by atoms with Gasteiger partial charge in [-0.3, -0.25) is 9.69 Å². The number of aliphatic hydroxyl groups excluding tert-OH is 2. The lowest BCUT2D eigenvalue weighted by atomic mass is 9.52. The molecule has 5 heteroatoms. The van der Waals surface area contributed by atoms with Gasteiger partial charge >= 0.3 is 0 Å². The lowest BCUT2D eigenvalue weighted by Crippen LogP contribution is -2.70. The minimum Gasteiger partial charge on any atom is -0.396 e. The zero-order valence-corrected chi connectivity index (χ0v) is 14.9. The van der Waals surface area contributed by atoms with Gasteiger partial charge in [0.05, 0.1) is 18.6 Å². The van der Waals surface area contributed by atoms with Crippen LogP contribution < -0.4 is 4.90 Å². The lowest BCUT2D eigenvalue weighted by molar-refractivity contribution is -0.135. The molecule has 1 spiro atoms. The van der Waals surface area contributed by atoms with Crippen LogP contribution in [-0.4, -0.2) is 58.9 Å². The number of hydrogen-bond donors (Lipinski definition) is 2. The van der Waals surface area contributed by atoms with Gasteiger partial charge in [-0.25, -0.2) is 0 Å². The van der Waals surface area contributed by atoms with Crippen molar-refractivity contribution in [3.63, 3.8) is 0 Å². The third-order valence-electron chi connectivity index (χ3n) is 8.34. The van der Waals surface area contributed by atoms with E-state index in [0.29, 0.717) is 17.9 Å². The zero-order valence-electron chi connectivity index (χ0n) is 14.9. The number of amides is 1. The summed E-state index contributed by atoms with van der Waals surface area (Å²) in [5, 5.41) is 20.6. The van der Waals surface area contributed by atoms with Crippen LogP contribution in [0.25, 0.3) is 0 Å². The maximum atomic E-state index is 13.0. The van der Waals surface area contributed by atoms with Crippen molar-refractivity contribution in [3.8, 4) is 0 Å². The molecular weight excluding hydrogens is 328 g/mol. The number of anilines is 1. The van der Waals surface area contributed by atoms with Gasteiger partial charge in [-0.05, 0) is 49.3 Å². The van der Waals surface area contributed by atoms with Gasteiger partial charge in [0.25, 0.3) is 0 Å². The Morgan fingerprint density at radius 1 is 1.27 bits per heavy atom. The van der Waals surface area contributed by atoms with Crippen molar-refractivity contribution in [2.75, 3.05) is 24.6 Å². The Balaban J connectivity index is 1.58. The second-order valence-corrected chi connectivity index (χ2v) is 9.05. The highest BCUT2D eigenvalue weighted by Gasteiger charge is 2.70. The van der Waals surface area contributed by atoms with Gasteiger partial charge in [-0.1, -0.05) is 18.2 Å². The monoisotopic (exact) mass is 354 g/mol. The molecule has 2 N–H and O–H groups in total. The third kappa shape index (κ3) is 1.62. The molecule has 5 nitrogen and oxygen atoms in total. The van der Waals surface area contributed by atoms with E-state index >= 15 is 0 Å².